The molecule has 4 nitrogen and oxygen atoms in total. The molecule has 1 heterocycles. The normalized spacial score (nSPS) is 18.9. The van der Waals surface area contributed by atoms with Gasteiger partial charge in [0.05, 0.1) is 0 Å². The van der Waals surface area contributed by atoms with Crippen LogP contribution >= 0.6 is 0 Å². The molecule has 1 aliphatic carbocycles. The van der Waals surface area contributed by atoms with Gasteiger partial charge in [-0.05, 0) is 26.7 Å². The van der Waals surface area contributed by atoms with E-state index in [2.05, 4.69) is 22.2 Å². The molecule has 0 radical (unpaired) electrons. The molecular formula is C15H25N3O. The number of rotatable bonds is 4. The molecule has 0 bridgehead atoms. The molecule has 0 amide bonds. The van der Waals surface area contributed by atoms with Crippen molar-refractivity contribution in [3.8, 4) is 0 Å². The van der Waals surface area contributed by atoms with E-state index in [1.165, 1.54) is 25.7 Å². The number of hydrogen-bond donors (Lipinski definition) is 1. The zero-order chi connectivity index (χ0) is 13.7. The summed E-state index contributed by atoms with van der Waals surface area (Å²) in [7, 11) is 1.89. The maximum Gasteiger partial charge on any atom is 0.162 e. The van der Waals surface area contributed by atoms with Gasteiger partial charge < -0.3 is 10.1 Å². The van der Waals surface area contributed by atoms with E-state index < -0.39 is 0 Å². The lowest BCUT2D eigenvalue weighted by Gasteiger charge is -2.31. The minimum Gasteiger partial charge on any atom is -0.373 e. The molecule has 1 aromatic heterocycles. The van der Waals surface area contributed by atoms with Crippen LogP contribution in [0.5, 0.6) is 0 Å². The van der Waals surface area contributed by atoms with Crippen molar-refractivity contribution in [3.63, 3.8) is 0 Å². The van der Waals surface area contributed by atoms with Crippen molar-refractivity contribution in [3.05, 3.63) is 17.6 Å². The van der Waals surface area contributed by atoms with Crippen molar-refractivity contribution in [2.45, 2.75) is 58.0 Å². The summed E-state index contributed by atoms with van der Waals surface area (Å²) in [5, 5.41) is 3.12. The number of nitrogens with one attached hydrogen (secondary N) is 1. The molecule has 0 aromatic carbocycles. The minimum atomic E-state index is -0.275. The number of aryl methyl sites for hydroxylation is 1. The van der Waals surface area contributed by atoms with E-state index in [0.29, 0.717) is 6.61 Å². The first-order valence-corrected chi connectivity index (χ1v) is 7.38. The molecule has 19 heavy (non-hydrogen) atoms. The minimum absolute atomic E-state index is 0.275. The largest absolute Gasteiger partial charge is 0.373 e. The summed E-state index contributed by atoms with van der Waals surface area (Å²) in [5.74, 6) is 1.74. The Labute approximate surface area is 116 Å². The Morgan fingerprint density at radius 2 is 1.89 bits per heavy atom. The maximum atomic E-state index is 6.14. The molecule has 1 saturated carbocycles. The monoisotopic (exact) mass is 263 g/mol. The van der Waals surface area contributed by atoms with Gasteiger partial charge in [-0.15, -0.1) is 0 Å². The zero-order valence-electron chi connectivity index (χ0n) is 12.3. The highest BCUT2D eigenvalue weighted by Crippen LogP contribution is 2.38. The van der Waals surface area contributed by atoms with E-state index in [1.54, 1.807) is 0 Å². The Morgan fingerprint density at radius 1 is 1.21 bits per heavy atom. The van der Waals surface area contributed by atoms with Gasteiger partial charge in [-0.25, -0.2) is 9.97 Å². The molecule has 4 heteroatoms. The molecule has 0 unspecified atom stereocenters. The summed E-state index contributed by atoms with van der Waals surface area (Å²) in [6.45, 7) is 4.79. The lowest BCUT2D eigenvalue weighted by Crippen LogP contribution is -2.32. The quantitative estimate of drug-likeness (QED) is 0.846. The third-order valence-corrected chi connectivity index (χ3v) is 3.85. The summed E-state index contributed by atoms with van der Waals surface area (Å²) in [4.78, 5) is 9.32. The lowest BCUT2D eigenvalue weighted by molar-refractivity contribution is -0.0624. The molecule has 0 aliphatic heterocycles. The van der Waals surface area contributed by atoms with Crippen molar-refractivity contribution in [2.75, 3.05) is 19.0 Å². The number of hydrogen-bond acceptors (Lipinski definition) is 4. The van der Waals surface area contributed by atoms with Crippen LogP contribution in [0.15, 0.2) is 6.07 Å². The average Bonchev–Trinajstić information content (AvgIpc) is 2.65. The fourth-order valence-electron chi connectivity index (χ4n) is 2.91. The fraction of sp³-hybridized carbons (Fsp3) is 0.733. The van der Waals surface area contributed by atoms with Crippen LogP contribution in [0.3, 0.4) is 0 Å². The van der Waals surface area contributed by atoms with E-state index >= 15 is 0 Å². The molecule has 0 spiro atoms. The van der Waals surface area contributed by atoms with Crippen LogP contribution in [0, 0.1) is 6.92 Å². The molecule has 106 valence electrons. The summed E-state index contributed by atoms with van der Waals surface area (Å²) >= 11 is 0. The van der Waals surface area contributed by atoms with Crippen LogP contribution in [-0.2, 0) is 10.3 Å². The molecule has 1 N–H and O–H groups in total. The second kappa shape index (κ2) is 6.33. The van der Waals surface area contributed by atoms with Crippen molar-refractivity contribution >= 4 is 5.82 Å². The van der Waals surface area contributed by atoms with E-state index in [-0.39, 0.29) is 5.60 Å². The van der Waals surface area contributed by atoms with E-state index in [4.69, 9.17) is 4.74 Å². The molecular weight excluding hydrogens is 238 g/mol. The topological polar surface area (TPSA) is 47.0 Å². The van der Waals surface area contributed by atoms with Crippen LogP contribution < -0.4 is 5.32 Å². The zero-order valence-corrected chi connectivity index (χ0v) is 12.3. The van der Waals surface area contributed by atoms with Crippen LogP contribution in [0.25, 0.3) is 0 Å². The smallest absolute Gasteiger partial charge is 0.162 e. The van der Waals surface area contributed by atoms with Crippen LogP contribution in [-0.4, -0.2) is 23.6 Å². The van der Waals surface area contributed by atoms with Crippen LogP contribution in [0.4, 0.5) is 5.82 Å². The van der Waals surface area contributed by atoms with E-state index in [9.17, 15) is 0 Å². The molecule has 0 saturated heterocycles. The molecule has 1 fully saturated rings. The molecule has 1 aliphatic rings. The van der Waals surface area contributed by atoms with Gasteiger partial charge in [-0.2, -0.15) is 0 Å². The first-order valence-electron chi connectivity index (χ1n) is 7.38. The van der Waals surface area contributed by atoms with E-state index in [0.717, 1.165) is 30.2 Å². The van der Waals surface area contributed by atoms with Gasteiger partial charge in [0.1, 0.15) is 11.4 Å². The van der Waals surface area contributed by atoms with E-state index in [1.807, 2.05) is 20.0 Å². The summed E-state index contributed by atoms with van der Waals surface area (Å²) < 4.78 is 6.14. The summed E-state index contributed by atoms with van der Waals surface area (Å²) in [6.07, 6.45) is 7.05. The van der Waals surface area contributed by atoms with Crippen molar-refractivity contribution < 1.29 is 4.74 Å². The molecule has 1 aromatic rings. The van der Waals surface area contributed by atoms with Crippen LogP contribution in [0.1, 0.15) is 57.0 Å². The number of aromatic nitrogens is 2. The van der Waals surface area contributed by atoms with Gasteiger partial charge in [0.15, 0.2) is 5.82 Å². The Kier molecular flexibility index (Phi) is 4.75. The highest BCUT2D eigenvalue weighted by molar-refractivity contribution is 5.35. The molecule has 0 atom stereocenters. The van der Waals surface area contributed by atoms with Crippen molar-refractivity contribution in [1.82, 2.24) is 9.97 Å². The first-order chi connectivity index (χ1) is 9.20. The second-order valence-electron chi connectivity index (χ2n) is 5.31. The standard InChI is InChI=1S/C15H25N3O/c1-4-19-15(9-7-5-6-8-10-15)14-17-12(2)11-13(16-3)18-14/h11H,4-10H2,1-3H3,(H,16,17,18). The van der Waals surface area contributed by atoms with Gasteiger partial charge in [-0.1, -0.05) is 25.7 Å². The van der Waals surface area contributed by atoms with Crippen molar-refractivity contribution in [1.29, 1.82) is 0 Å². The molecule has 2 rings (SSSR count). The van der Waals surface area contributed by atoms with Gasteiger partial charge in [0.2, 0.25) is 0 Å². The van der Waals surface area contributed by atoms with Gasteiger partial charge in [0, 0.05) is 25.4 Å². The van der Waals surface area contributed by atoms with Gasteiger partial charge in [0.25, 0.3) is 0 Å². The Balaban J connectivity index is 2.39. The van der Waals surface area contributed by atoms with Gasteiger partial charge in [-0.3, -0.25) is 0 Å². The highest BCUT2D eigenvalue weighted by atomic mass is 16.5. The highest BCUT2D eigenvalue weighted by Gasteiger charge is 2.36. The Bertz CT molecular complexity index is 412. The lowest BCUT2D eigenvalue weighted by atomic mass is 9.93. The summed E-state index contributed by atoms with van der Waals surface area (Å²) in [5.41, 5.74) is 0.723. The summed E-state index contributed by atoms with van der Waals surface area (Å²) in [6, 6.07) is 1.97. The predicted octanol–water partition coefficient (Wildman–Crippen LogP) is 3.41. The maximum absolute atomic E-state index is 6.14. The Hall–Kier alpha value is -1.16. The number of ether oxygens (including phenoxy) is 1. The SMILES string of the molecule is CCOC1(c2nc(C)cc(NC)n2)CCCCCC1. The third kappa shape index (κ3) is 3.24. The number of nitrogens with zero attached hydrogens (tertiary/aromatic N) is 2. The third-order valence-electron chi connectivity index (χ3n) is 3.85. The second-order valence-corrected chi connectivity index (χ2v) is 5.31. The predicted molar refractivity (Wildman–Crippen MR) is 77.3 cm³/mol. The van der Waals surface area contributed by atoms with Crippen molar-refractivity contribution in [2.24, 2.45) is 0 Å². The average molecular weight is 263 g/mol. The number of anilines is 1. The van der Waals surface area contributed by atoms with Crippen LogP contribution in [0.2, 0.25) is 0 Å². The Morgan fingerprint density at radius 3 is 2.47 bits per heavy atom. The first kappa shape index (κ1) is 14.3. The fourth-order valence-corrected chi connectivity index (χ4v) is 2.91. The van der Waals surface area contributed by atoms with Gasteiger partial charge >= 0.3 is 0 Å².